The molecule has 2 unspecified atom stereocenters. The molecule has 4 N–H and O–H groups in total. The normalized spacial score (nSPS) is 19.0. The second kappa shape index (κ2) is 11.7. The molecule has 9 nitrogen and oxygen atoms in total. The number of ether oxygens (including phenoxy) is 2. The van der Waals surface area contributed by atoms with E-state index >= 15 is 0 Å². The summed E-state index contributed by atoms with van der Waals surface area (Å²) in [6.07, 6.45) is 1.80. The lowest BCUT2D eigenvalue weighted by Gasteiger charge is -2.28. The molecule has 4 atom stereocenters. The highest BCUT2D eigenvalue weighted by Gasteiger charge is 2.25. The molecular formula is C27H38N4O5. The van der Waals surface area contributed by atoms with Gasteiger partial charge >= 0.3 is 0 Å². The van der Waals surface area contributed by atoms with E-state index in [9.17, 15) is 15.0 Å². The van der Waals surface area contributed by atoms with Crippen molar-refractivity contribution in [3.05, 3.63) is 51.9 Å². The minimum Gasteiger partial charge on any atom is -0.392 e. The largest absolute Gasteiger partial charge is 0.392 e. The first-order valence-corrected chi connectivity index (χ1v) is 12.7. The Bertz CT molecular complexity index is 1210. The minimum absolute atomic E-state index is 0.105. The summed E-state index contributed by atoms with van der Waals surface area (Å²) in [5.41, 5.74) is 4.23. The zero-order chi connectivity index (χ0) is 25.8. The van der Waals surface area contributed by atoms with Gasteiger partial charge in [-0.3, -0.25) is 4.79 Å². The third kappa shape index (κ3) is 6.22. The molecule has 3 heterocycles. The van der Waals surface area contributed by atoms with Crippen LogP contribution < -0.4 is 10.9 Å². The van der Waals surface area contributed by atoms with Crippen LogP contribution in [0, 0.1) is 12.8 Å². The summed E-state index contributed by atoms with van der Waals surface area (Å²) in [5.74, 6) is 1.21. The van der Waals surface area contributed by atoms with Gasteiger partial charge in [-0.2, -0.15) is 0 Å². The van der Waals surface area contributed by atoms with Gasteiger partial charge < -0.3 is 34.6 Å². The van der Waals surface area contributed by atoms with Crippen LogP contribution in [0.25, 0.3) is 22.4 Å². The van der Waals surface area contributed by atoms with Crippen LogP contribution in [0.4, 0.5) is 0 Å². The summed E-state index contributed by atoms with van der Waals surface area (Å²) in [6.45, 7) is 9.86. The molecule has 36 heavy (non-hydrogen) atoms. The highest BCUT2D eigenvalue weighted by atomic mass is 16.6. The summed E-state index contributed by atoms with van der Waals surface area (Å²) in [4.78, 5) is 19.7. The maximum atomic E-state index is 12.0. The lowest BCUT2D eigenvalue weighted by molar-refractivity contribution is -0.159. The van der Waals surface area contributed by atoms with Gasteiger partial charge in [-0.15, -0.1) is 0 Å². The van der Waals surface area contributed by atoms with Gasteiger partial charge in [-0.25, -0.2) is 4.98 Å². The molecule has 9 heteroatoms. The van der Waals surface area contributed by atoms with Gasteiger partial charge in [0.1, 0.15) is 5.82 Å². The maximum Gasteiger partial charge on any atom is 0.250 e. The molecule has 1 aliphatic rings. The molecule has 1 fully saturated rings. The zero-order valence-corrected chi connectivity index (χ0v) is 21.5. The molecule has 0 saturated carbocycles. The number of aliphatic hydroxyl groups excluding tert-OH is 2. The Morgan fingerprint density at radius 2 is 2.08 bits per heavy atom. The summed E-state index contributed by atoms with van der Waals surface area (Å²) < 4.78 is 13.4. The van der Waals surface area contributed by atoms with Crippen LogP contribution in [0.2, 0.25) is 0 Å². The second-order valence-corrected chi connectivity index (χ2v) is 10.1. The Kier molecular flexibility index (Phi) is 8.58. The highest BCUT2D eigenvalue weighted by molar-refractivity contribution is 5.81. The lowest BCUT2D eigenvalue weighted by Crippen LogP contribution is -2.48. The minimum atomic E-state index is -1.12. The van der Waals surface area contributed by atoms with Crippen molar-refractivity contribution in [1.29, 1.82) is 0 Å². The Morgan fingerprint density at radius 3 is 2.75 bits per heavy atom. The maximum absolute atomic E-state index is 12.0. The van der Waals surface area contributed by atoms with Crippen LogP contribution >= 0.6 is 0 Å². The highest BCUT2D eigenvalue weighted by Crippen LogP contribution is 2.28. The van der Waals surface area contributed by atoms with E-state index in [1.165, 1.54) is 0 Å². The summed E-state index contributed by atoms with van der Waals surface area (Å²) in [5, 5.41) is 23.7. The van der Waals surface area contributed by atoms with Gasteiger partial charge in [0.25, 0.3) is 5.56 Å². The molecule has 3 aromatic rings. The fourth-order valence-electron chi connectivity index (χ4n) is 4.74. The first-order valence-electron chi connectivity index (χ1n) is 12.7. The van der Waals surface area contributed by atoms with Crippen molar-refractivity contribution in [2.24, 2.45) is 5.92 Å². The predicted molar refractivity (Wildman–Crippen MR) is 139 cm³/mol. The number of hydrogen-bond donors (Lipinski definition) is 4. The van der Waals surface area contributed by atoms with Gasteiger partial charge in [-0.1, -0.05) is 6.07 Å². The van der Waals surface area contributed by atoms with E-state index in [4.69, 9.17) is 14.5 Å². The number of aromatic amines is 1. The van der Waals surface area contributed by atoms with Crippen molar-refractivity contribution >= 4 is 11.0 Å². The Morgan fingerprint density at radius 1 is 1.28 bits per heavy atom. The van der Waals surface area contributed by atoms with E-state index in [1.54, 1.807) is 20.0 Å². The molecule has 0 radical (unpaired) electrons. The van der Waals surface area contributed by atoms with E-state index in [0.29, 0.717) is 18.0 Å². The standard InChI is InChI=1S/C27H38N4O5/c1-16(2)36-27(34)24(18(4)32)28-12-19-7-8-23-22(11-19)30-25(21-10-17(3)26(33)29-13-21)31(23)14-20-6-5-9-35-15-20/h7-8,10-11,13,16,18,20,24,27-28,32,34H,5-6,9,12,14-15H2,1-4H3,(H,29,33)/t18-,20?,24+,27?/m1/s1. The van der Waals surface area contributed by atoms with Gasteiger partial charge in [0.2, 0.25) is 0 Å². The smallest absolute Gasteiger partial charge is 0.250 e. The summed E-state index contributed by atoms with van der Waals surface area (Å²) >= 11 is 0. The number of aromatic nitrogens is 3. The second-order valence-electron chi connectivity index (χ2n) is 10.1. The van der Waals surface area contributed by atoms with Crippen LogP contribution in [0.5, 0.6) is 0 Å². The molecule has 0 bridgehead atoms. The number of fused-ring (bicyclic) bond motifs is 1. The van der Waals surface area contributed by atoms with E-state index in [1.807, 2.05) is 32.0 Å². The summed E-state index contributed by atoms with van der Waals surface area (Å²) in [6, 6.07) is 7.35. The molecule has 1 aliphatic heterocycles. The molecular weight excluding hydrogens is 460 g/mol. The molecule has 0 spiro atoms. The number of pyridine rings is 1. The third-order valence-electron chi connectivity index (χ3n) is 6.64. The Labute approximate surface area is 211 Å². The van der Waals surface area contributed by atoms with Gasteiger partial charge in [0.05, 0.1) is 35.9 Å². The van der Waals surface area contributed by atoms with Crippen molar-refractivity contribution in [1.82, 2.24) is 19.9 Å². The monoisotopic (exact) mass is 498 g/mol. The molecule has 1 aromatic carbocycles. The third-order valence-corrected chi connectivity index (χ3v) is 6.64. The number of hydrogen-bond acceptors (Lipinski definition) is 7. The molecule has 0 aliphatic carbocycles. The van der Waals surface area contributed by atoms with Crippen LogP contribution in [-0.2, 0) is 22.6 Å². The number of benzene rings is 1. The van der Waals surface area contributed by atoms with Crippen molar-refractivity contribution in [3.63, 3.8) is 0 Å². The number of aliphatic hydroxyl groups is 2. The predicted octanol–water partition coefficient (Wildman–Crippen LogP) is 2.71. The molecule has 0 amide bonds. The van der Waals surface area contributed by atoms with Crippen LogP contribution in [-0.4, -0.2) is 62.5 Å². The van der Waals surface area contributed by atoms with Gasteiger partial charge in [0, 0.05) is 42.9 Å². The van der Waals surface area contributed by atoms with Crippen LogP contribution in [0.15, 0.2) is 35.3 Å². The average molecular weight is 499 g/mol. The fourth-order valence-corrected chi connectivity index (χ4v) is 4.74. The number of imidazole rings is 1. The number of H-pyrrole nitrogens is 1. The SMILES string of the molecule is Cc1cc(-c2nc3cc(CN[C@H](C(O)OC(C)C)[C@@H](C)O)ccc3n2CC2CCCOC2)c[nH]c1=O. The van der Waals surface area contributed by atoms with E-state index in [2.05, 4.69) is 20.9 Å². The van der Waals surface area contributed by atoms with Crippen molar-refractivity contribution in [2.45, 2.75) is 78.2 Å². The van der Waals surface area contributed by atoms with Gasteiger partial charge in [-0.05, 0) is 64.3 Å². The number of aryl methyl sites for hydroxylation is 1. The fraction of sp³-hybridized carbons (Fsp3) is 0.556. The topological polar surface area (TPSA) is 122 Å². The van der Waals surface area contributed by atoms with Crippen LogP contribution in [0.3, 0.4) is 0 Å². The number of nitrogens with one attached hydrogen (secondary N) is 2. The Hall–Kier alpha value is -2.56. The van der Waals surface area contributed by atoms with Crippen molar-refractivity contribution in [3.8, 4) is 11.4 Å². The van der Waals surface area contributed by atoms with Crippen LogP contribution in [0.1, 0.15) is 44.7 Å². The van der Waals surface area contributed by atoms with Gasteiger partial charge in [0.15, 0.2) is 6.29 Å². The quantitative estimate of drug-likeness (QED) is 0.317. The van der Waals surface area contributed by atoms with E-state index < -0.39 is 18.4 Å². The first-order chi connectivity index (χ1) is 17.2. The van der Waals surface area contributed by atoms with E-state index in [0.717, 1.165) is 60.6 Å². The lowest BCUT2D eigenvalue weighted by atomic mass is 10.0. The molecule has 2 aromatic heterocycles. The van der Waals surface area contributed by atoms with Crippen molar-refractivity contribution < 1.29 is 19.7 Å². The van der Waals surface area contributed by atoms with Crippen molar-refractivity contribution in [2.75, 3.05) is 13.2 Å². The molecule has 196 valence electrons. The number of nitrogens with zero attached hydrogens (tertiary/aromatic N) is 2. The summed E-state index contributed by atoms with van der Waals surface area (Å²) in [7, 11) is 0. The number of rotatable bonds is 10. The Balaban J connectivity index is 1.64. The molecule has 4 rings (SSSR count). The average Bonchev–Trinajstić information content (AvgIpc) is 3.18. The zero-order valence-electron chi connectivity index (χ0n) is 21.5. The first kappa shape index (κ1) is 26.5. The molecule has 1 saturated heterocycles. The van der Waals surface area contributed by atoms with E-state index in [-0.39, 0.29) is 11.7 Å².